The minimum Gasteiger partial charge on any atom is -0.484 e. The first-order chi connectivity index (χ1) is 13.1. The van der Waals surface area contributed by atoms with Crippen LogP contribution in [0.15, 0.2) is 30.3 Å². The third-order valence-corrected chi connectivity index (χ3v) is 5.53. The molecule has 1 unspecified atom stereocenters. The van der Waals surface area contributed by atoms with Crippen LogP contribution in [-0.4, -0.2) is 79.8 Å². The van der Waals surface area contributed by atoms with Gasteiger partial charge in [-0.25, -0.2) is 0 Å². The second-order valence-electron chi connectivity index (χ2n) is 7.61. The third-order valence-electron chi connectivity index (χ3n) is 5.53. The first-order valence-electron chi connectivity index (χ1n) is 9.59. The number of benzene rings is 1. The lowest BCUT2D eigenvalue weighted by Crippen LogP contribution is -2.64. The van der Waals surface area contributed by atoms with Gasteiger partial charge in [-0.15, -0.1) is 0 Å². The molecule has 0 saturated carbocycles. The molecule has 7 nitrogen and oxygen atoms in total. The molecule has 3 fully saturated rings. The molecular weight excluding hydrogens is 348 g/mol. The van der Waals surface area contributed by atoms with Gasteiger partial charge in [-0.2, -0.15) is 0 Å². The Bertz CT molecular complexity index is 668. The summed E-state index contributed by atoms with van der Waals surface area (Å²) in [5, 5.41) is 0. The number of amides is 2. The third kappa shape index (κ3) is 4.25. The van der Waals surface area contributed by atoms with Gasteiger partial charge < -0.3 is 24.0 Å². The molecule has 1 aromatic carbocycles. The number of carbonyl (C=O) groups is 2. The normalized spacial score (nSPS) is 23.9. The molecule has 1 atom stereocenters. The summed E-state index contributed by atoms with van der Waals surface area (Å²) in [4.78, 5) is 28.3. The number of likely N-dealkylation sites (tertiary alicyclic amines) is 1. The Morgan fingerprint density at radius 1 is 1.07 bits per heavy atom. The summed E-state index contributed by atoms with van der Waals surface area (Å²) in [6, 6.07) is 9.33. The lowest BCUT2D eigenvalue weighted by atomic mass is 9.85. The molecule has 27 heavy (non-hydrogen) atoms. The van der Waals surface area contributed by atoms with E-state index in [4.69, 9.17) is 14.2 Å². The van der Waals surface area contributed by atoms with Gasteiger partial charge >= 0.3 is 0 Å². The van der Waals surface area contributed by atoms with Gasteiger partial charge in [0, 0.05) is 19.5 Å². The maximum absolute atomic E-state index is 12.4. The number of ether oxygens (including phenoxy) is 3. The van der Waals surface area contributed by atoms with Crippen LogP contribution < -0.4 is 4.74 Å². The summed E-state index contributed by atoms with van der Waals surface area (Å²) < 4.78 is 16.8. The molecule has 3 aliphatic rings. The van der Waals surface area contributed by atoms with Crippen LogP contribution in [0, 0.1) is 5.92 Å². The number of hydrogen-bond acceptors (Lipinski definition) is 5. The molecule has 0 N–H and O–H groups in total. The lowest BCUT2D eigenvalue weighted by molar-refractivity contribution is -0.159. The van der Waals surface area contributed by atoms with Crippen LogP contribution in [0.1, 0.15) is 12.8 Å². The lowest BCUT2D eigenvalue weighted by Gasteiger charge is -2.47. The van der Waals surface area contributed by atoms with E-state index in [2.05, 4.69) is 0 Å². The monoisotopic (exact) mass is 374 g/mol. The molecular formula is C20H26N2O5. The Labute approximate surface area is 159 Å². The average Bonchev–Trinajstić information content (AvgIpc) is 3.10. The summed E-state index contributed by atoms with van der Waals surface area (Å²) >= 11 is 0. The second kappa shape index (κ2) is 7.86. The van der Waals surface area contributed by atoms with Gasteiger partial charge in [0.05, 0.1) is 32.9 Å². The summed E-state index contributed by atoms with van der Waals surface area (Å²) in [6.45, 7) is 4.43. The van der Waals surface area contributed by atoms with Crippen molar-refractivity contribution >= 4 is 11.8 Å². The highest BCUT2D eigenvalue weighted by Gasteiger charge is 2.51. The molecule has 3 aliphatic heterocycles. The molecule has 2 amide bonds. The van der Waals surface area contributed by atoms with E-state index in [0.29, 0.717) is 58.2 Å². The fourth-order valence-electron chi connectivity index (χ4n) is 4.06. The molecule has 0 aliphatic carbocycles. The highest BCUT2D eigenvalue weighted by atomic mass is 16.5. The summed E-state index contributed by atoms with van der Waals surface area (Å²) in [6.07, 6.45) is 1.36. The summed E-state index contributed by atoms with van der Waals surface area (Å²) in [5.74, 6) is 1.09. The van der Waals surface area contributed by atoms with E-state index in [9.17, 15) is 9.59 Å². The van der Waals surface area contributed by atoms with E-state index in [0.717, 1.165) is 6.42 Å². The highest BCUT2D eigenvalue weighted by molar-refractivity contribution is 5.79. The molecule has 0 radical (unpaired) electrons. The Hall–Kier alpha value is -2.12. The molecule has 0 aromatic heterocycles. The Balaban J connectivity index is 1.19. The van der Waals surface area contributed by atoms with E-state index in [1.54, 1.807) is 4.90 Å². The molecule has 7 heteroatoms. The van der Waals surface area contributed by atoms with Crippen LogP contribution >= 0.6 is 0 Å². The minimum atomic E-state index is -0.266. The van der Waals surface area contributed by atoms with Gasteiger partial charge in [0.2, 0.25) is 5.91 Å². The highest BCUT2D eigenvalue weighted by Crippen LogP contribution is 2.39. The number of nitrogens with zero attached hydrogens (tertiary/aromatic N) is 2. The van der Waals surface area contributed by atoms with Crippen molar-refractivity contribution in [2.24, 2.45) is 5.92 Å². The maximum atomic E-state index is 12.4. The number of carbonyl (C=O) groups excluding carboxylic acids is 2. The molecule has 146 valence electrons. The molecule has 0 bridgehead atoms. The van der Waals surface area contributed by atoms with Crippen molar-refractivity contribution in [2.75, 3.05) is 52.6 Å². The summed E-state index contributed by atoms with van der Waals surface area (Å²) in [7, 11) is 0. The predicted octanol–water partition coefficient (Wildman–Crippen LogP) is 0.932. The zero-order valence-electron chi connectivity index (χ0n) is 15.5. The Morgan fingerprint density at radius 2 is 1.81 bits per heavy atom. The molecule has 3 saturated heterocycles. The predicted molar refractivity (Wildman–Crippen MR) is 97.3 cm³/mol. The Kier molecular flexibility index (Phi) is 5.31. The number of para-hydroxylation sites is 1. The van der Waals surface area contributed by atoms with E-state index < -0.39 is 0 Å². The summed E-state index contributed by atoms with van der Waals surface area (Å²) in [5.41, 5.74) is -0.266. The van der Waals surface area contributed by atoms with Gasteiger partial charge in [0.15, 0.2) is 6.61 Å². The minimum absolute atomic E-state index is 0.0269. The fraction of sp³-hybridized carbons (Fsp3) is 0.600. The topological polar surface area (TPSA) is 68.3 Å². The van der Waals surface area contributed by atoms with Crippen molar-refractivity contribution in [3.05, 3.63) is 30.3 Å². The maximum Gasteiger partial charge on any atom is 0.260 e. The van der Waals surface area contributed by atoms with Crippen LogP contribution in [-0.2, 0) is 19.1 Å². The van der Waals surface area contributed by atoms with Gasteiger partial charge in [-0.3, -0.25) is 9.59 Å². The van der Waals surface area contributed by atoms with Crippen molar-refractivity contribution in [3.63, 3.8) is 0 Å². The van der Waals surface area contributed by atoms with Crippen molar-refractivity contribution in [2.45, 2.75) is 18.4 Å². The number of morpholine rings is 1. The van der Waals surface area contributed by atoms with Crippen molar-refractivity contribution < 1.29 is 23.8 Å². The van der Waals surface area contributed by atoms with Crippen LogP contribution in [0.2, 0.25) is 0 Å². The largest absolute Gasteiger partial charge is 0.484 e. The standard InChI is InChI=1S/C20H26N2O5/c23-18(21-6-8-25-9-7-21)10-16-11-20(27-12-16)14-22(15-20)19(24)13-26-17-4-2-1-3-5-17/h1-5,16H,6-15H2. The van der Waals surface area contributed by atoms with Crippen LogP contribution in [0.3, 0.4) is 0 Å². The zero-order valence-corrected chi connectivity index (χ0v) is 15.5. The zero-order chi connectivity index (χ0) is 18.7. The molecule has 3 heterocycles. The molecule has 4 rings (SSSR count). The van der Waals surface area contributed by atoms with Gasteiger partial charge in [-0.1, -0.05) is 18.2 Å². The van der Waals surface area contributed by atoms with Gasteiger partial charge in [0.1, 0.15) is 11.4 Å². The molecule has 1 spiro atoms. The van der Waals surface area contributed by atoms with E-state index >= 15 is 0 Å². The molecule has 1 aromatic rings. The van der Waals surface area contributed by atoms with Crippen LogP contribution in [0.25, 0.3) is 0 Å². The van der Waals surface area contributed by atoms with E-state index in [1.165, 1.54) is 0 Å². The second-order valence-corrected chi connectivity index (χ2v) is 7.61. The average molecular weight is 374 g/mol. The van der Waals surface area contributed by atoms with E-state index in [-0.39, 0.29) is 29.9 Å². The smallest absolute Gasteiger partial charge is 0.260 e. The first-order valence-corrected chi connectivity index (χ1v) is 9.59. The van der Waals surface area contributed by atoms with Gasteiger partial charge in [-0.05, 0) is 24.5 Å². The van der Waals surface area contributed by atoms with Crippen molar-refractivity contribution in [1.29, 1.82) is 0 Å². The fourth-order valence-corrected chi connectivity index (χ4v) is 4.06. The van der Waals surface area contributed by atoms with Crippen molar-refractivity contribution in [1.82, 2.24) is 9.80 Å². The Morgan fingerprint density at radius 3 is 2.56 bits per heavy atom. The number of hydrogen-bond donors (Lipinski definition) is 0. The SMILES string of the molecule is O=C(CC1COC2(C1)CN(C(=O)COc1ccccc1)C2)N1CCOCC1. The van der Waals surface area contributed by atoms with Crippen LogP contribution in [0.5, 0.6) is 5.75 Å². The van der Waals surface area contributed by atoms with E-state index in [1.807, 2.05) is 35.2 Å². The van der Waals surface area contributed by atoms with Crippen molar-refractivity contribution in [3.8, 4) is 5.75 Å². The number of rotatable bonds is 5. The quantitative estimate of drug-likeness (QED) is 0.767. The van der Waals surface area contributed by atoms with Gasteiger partial charge in [0.25, 0.3) is 5.91 Å². The first kappa shape index (κ1) is 18.3. The van der Waals surface area contributed by atoms with Crippen LogP contribution in [0.4, 0.5) is 0 Å².